The first-order chi connectivity index (χ1) is 15.8. The van der Waals surface area contributed by atoms with Gasteiger partial charge in [-0.25, -0.2) is 9.18 Å². The normalized spacial score (nSPS) is 11.5. The summed E-state index contributed by atoms with van der Waals surface area (Å²) in [5, 5.41) is 24.0. The number of esters is 1. The maximum Gasteiger partial charge on any atom is 0.338 e. The van der Waals surface area contributed by atoms with E-state index in [1.165, 1.54) is 42.6 Å². The van der Waals surface area contributed by atoms with Gasteiger partial charge in [-0.2, -0.15) is 0 Å². The number of benzene rings is 2. The lowest BCUT2D eigenvalue weighted by Crippen LogP contribution is -2.28. The van der Waals surface area contributed by atoms with Crippen LogP contribution in [0.3, 0.4) is 0 Å². The second-order valence-electron chi connectivity index (χ2n) is 6.73. The molecule has 9 nitrogen and oxygen atoms in total. The monoisotopic (exact) mass is 458 g/mol. The zero-order valence-electron chi connectivity index (χ0n) is 18.4. The minimum atomic E-state index is -0.815. The molecule has 0 saturated carbocycles. The first-order valence-corrected chi connectivity index (χ1v) is 10.1. The Morgan fingerprint density at radius 1 is 1.18 bits per heavy atom. The third-order valence-electron chi connectivity index (χ3n) is 4.06. The zero-order valence-corrected chi connectivity index (χ0v) is 18.4. The van der Waals surface area contributed by atoms with Crippen molar-refractivity contribution in [1.29, 1.82) is 0 Å². The fraction of sp³-hybridized carbons (Fsp3) is 0.261. The van der Waals surface area contributed by atoms with Crippen LogP contribution in [0.25, 0.3) is 5.41 Å². The van der Waals surface area contributed by atoms with Gasteiger partial charge in [-0.1, -0.05) is 5.84 Å². The summed E-state index contributed by atoms with van der Waals surface area (Å²) >= 11 is 0. The molecule has 0 aromatic heterocycles. The lowest BCUT2D eigenvalue weighted by atomic mass is 10.1. The summed E-state index contributed by atoms with van der Waals surface area (Å²) in [6, 6.07) is 7.69. The maximum absolute atomic E-state index is 14.5. The van der Waals surface area contributed by atoms with Gasteiger partial charge in [0.15, 0.2) is 17.5 Å². The molecule has 2 aromatic rings. The van der Waals surface area contributed by atoms with Crippen LogP contribution < -0.4 is 20.1 Å². The molecule has 3 N–H and O–H groups in total. The molecule has 0 unspecified atom stereocenters. The van der Waals surface area contributed by atoms with Crippen LogP contribution in [0.1, 0.15) is 34.6 Å². The van der Waals surface area contributed by atoms with Gasteiger partial charge in [0.05, 0.1) is 18.8 Å². The molecule has 2 aromatic carbocycles. The summed E-state index contributed by atoms with van der Waals surface area (Å²) in [5.74, 6) is -2.55. The fourth-order valence-electron chi connectivity index (χ4n) is 2.54. The largest absolute Gasteiger partial charge is 0.488 e. The van der Waals surface area contributed by atoms with Crippen molar-refractivity contribution in [3.8, 4) is 17.2 Å². The molecule has 1 atom stereocenters. The van der Waals surface area contributed by atoms with Gasteiger partial charge in [-0.05, 0) is 56.5 Å². The fourth-order valence-corrected chi connectivity index (χ4v) is 2.54. The van der Waals surface area contributed by atoms with E-state index in [0.717, 1.165) is 6.07 Å². The van der Waals surface area contributed by atoms with Gasteiger partial charge in [0.1, 0.15) is 17.6 Å². The number of amides is 1. The van der Waals surface area contributed by atoms with Crippen LogP contribution in [0.4, 0.5) is 4.39 Å². The number of hydrogen-bond donors (Lipinski definition) is 3. The standard InChI is InChI=1S/C23H25FN3O6/c1-4-31-23(30)15-5-6-20(19(24)11-15)33-18-10-16(9-17(12-18)32-14(2)13-28)22(29)27-21(25)7-8-26-3/h5-12,14,28H,4,13H2,1-3H3,(H2-,25,26,27,29)/q-1/t14-/m0/s1. The molecule has 0 radical (unpaired) electrons. The van der Waals surface area contributed by atoms with E-state index >= 15 is 0 Å². The van der Waals surface area contributed by atoms with E-state index in [1.807, 2.05) is 0 Å². The lowest BCUT2D eigenvalue weighted by molar-refractivity contribution is 0.0525. The molecular formula is C23H25FN3O6-. The Hall–Kier alpha value is -3.92. The molecule has 0 aliphatic rings. The zero-order chi connectivity index (χ0) is 24.4. The minimum Gasteiger partial charge on any atom is -0.488 e. The van der Waals surface area contributed by atoms with Crippen molar-refractivity contribution in [2.45, 2.75) is 20.0 Å². The minimum absolute atomic E-state index is 0.0243. The van der Waals surface area contributed by atoms with Gasteiger partial charge in [-0.15, -0.1) is 0 Å². The molecule has 10 heteroatoms. The summed E-state index contributed by atoms with van der Waals surface area (Å²) in [4.78, 5) is 24.3. The topological polar surface area (TPSA) is 128 Å². The van der Waals surface area contributed by atoms with Gasteiger partial charge < -0.3 is 35.4 Å². The predicted molar refractivity (Wildman–Crippen MR) is 120 cm³/mol. The SMILES string of the molecule is CCOC(=O)c1ccc(Oc2cc(O[C@@H](C)CO)cc(C(=O)NC(=[N-])/C=C\NC)c2)c(F)c1. The van der Waals surface area contributed by atoms with Gasteiger partial charge in [0.2, 0.25) is 0 Å². The molecule has 1 amide bonds. The highest BCUT2D eigenvalue weighted by Gasteiger charge is 2.15. The average Bonchev–Trinajstić information content (AvgIpc) is 2.78. The van der Waals surface area contributed by atoms with Crippen molar-refractivity contribution in [3.63, 3.8) is 0 Å². The number of nitrogens with zero attached hydrogens (tertiary/aromatic N) is 1. The Balaban J connectivity index is 2.33. The molecular weight excluding hydrogens is 433 g/mol. The van der Waals surface area contributed by atoms with Crippen LogP contribution in [0.15, 0.2) is 48.7 Å². The van der Waals surface area contributed by atoms with E-state index in [4.69, 9.17) is 14.2 Å². The number of carbonyl (C=O) groups is 2. The number of halogens is 1. The molecule has 176 valence electrons. The van der Waals surface area contributed by atoms with Crippen molar-refractivity contribution < 1.29 is 33.3 Å². The molecule has 33 heavy (non-hydrogen) atoms. The quantitative estimate of drug-likeness (QED) is 0.284. The Bertz CT molecular complexity index is 1040. The molecule has 0 aliphatic heterocycles. The van der Waals surface area contributed by atoms with Crippen molar-refractivity contribution in [1.82, 2.24) is 10.6 Å². The van der Waals surface area contributed by atoms with E-state index in [1.54, 1.807) is 20.9 Å². The van der Waals surface area contributed by atoms with E-state index in [0.29, 0.717) is 0 Å². The van der Waals surface area contributed by atoms with Crippen molar-refractivity contribution in [2.75, 3.05) is 20.3 Å². The number of carbonyl (C=O) groups excluding carboxylic acids is 2. The van der Waals surface area contributed by atoms with Crippen molar-refractivity contribution in [2.24, 2.45) is 0 Å². The summed E-state index contributed by atoms with van der Waals surface area (Å²) in [7, 11) is 1.62. The third-order valence-corrected chi connectivity index (χ3v) is 4.06. The predicted octanol–water partition coefficient (Wildman–Crippen LogP) is 2.99. The average molecular weight is 458 g/mol. The van der Waals surface area contributed by atoms with Gasteiger partial charge in [0, 0.05) is 18.7 Å². The lowest BCUT2D eigenvalue weighted by Gasteiger charge is -2.17. The van der Waals surface area contributed by atoms with Crippen LogP contribution in [0, 0.1) is 5.82 Å². The number of ether oxygens (including phenoxy) is 3. The Morgan fingerprint density at radius 3 is 2.55 bits per heavy atom. The molecule has 2 rings (SSSR count). The summed E-state index contributed by atoms with van der Waals surface area (Å²) in [6.07, 6.45) is 2.06. The van der Waals surface area contributed by atoms with Crippen LogP contribution >= 0.6 is 0 Å². The molecule has 0 aliphatic carbocycles. The molecule has 0 bridgehead atoms. The Morgan fingerprint density at radius 2 is 1.91 bits per heavy atom. The molecule has 0 heterocycles. The molecule has 0 fully saturated rings. The summed E-state index contributed by atoms with van der Waals surface area (Å²) in [6.45, 7) is 3.13. The Kier molecular flexibility index (Phi) is 9.37. The number of hydrogen-bond acceptors (Lipinski definition) is 7. The third kappa shape index (κ3) is 7.62. The highest BCUT2D eigenvalue weighted by atomic mass is 19.1. The smallest absolute Gasteiger partial charge is 0.338 e. The van der Waals surface area contributed by atoms with Crippen molar-refractivity contribution in [3.05, 3.63) is 71.0 Å². The number of aliphatic hydroxyl groups is 1. The highest BCUT2D eigenvalue weighted by molar-refractivity contribution is 6.11. The summed E-state index contributed by atoms with van der Waals surface area (Å²) < 4.78 is 30.5. The van der Waals surface area contributed by atoms with E-state index < -0.39 is 29.6 Å². The summed E-state index contributed by atoms with van der Waals surface area (Å²) in [5.41, 5.74) is 0.0665. The van der Waals surface area contributed by atoms with Crippen LogP contribution in [-0.2, 0) is 4.74 Å². The van der Waals surface area contributed by atoms with E-state index in [-0.39, 0.29) is 41.6 Å². The number of rotatable bonds is 10. The highest BCUT2D eigenvalue weighted by Crippen LogP contribution is 2.30. The van der Waals surface area contributed by atoms with Gasteiger partial charge in [-0.3, -0.25) is 4.79 Å². The second kappa shape index (κ2) is 12.2. The van der Waals surface area contributed by atoms with Crippen molar-refractivity contribution >= 4 is 17.7 Å². The van der Waals surface area contributed by atoms with Crippen LogP contribution in [-0.4, -0.2) is 49.2 Å². The number of nitrogens with one attached hydrogen (secondary N) is 2. The Labute approximate surface area is 190 Å². The first kappa shape index (κ1) is 25.3. The number of amidine groups is 1. The molecule has 0 saturated heterocycles. The molecule has 0 spiro atoms. The number of aliphatic hydroxyl groups excluding tert-OH is 1. The van der Waals surface area contributed by atoms with E-state index in [9.17, 15) is 24.5 Å². The second-order valence-corrected chi connectivity index (χ2v) is 6.73. The van der Waals surface area contributed by atoms with E-state index in [2.05, 4.69) is 10.6 Å². The first-order valence-electron chi connectivity index (χ1n) is 10.1. The van der Waals surface area contributed by atoms with Gasteiger partial charge in [0.25, 0.3) is 0 Å². The van der Waals surface area contributed by atoms with Gasteiger partial charge >= 0.3 is 5.97 Å². The maximum atomic E-state index is 14.5. The van der Waals surface area contributed by atoms with Crippen LogP contribution in [0.2, 0.25) is 0 Å². The van der Waals surface area contributed by atoms with Crippen LogP contribution in [0.5, 0.6) is 17.2 Å².